The molecule has 0 radical (unpaired) electrons. The first-order valence-electron chi connectivity index (χ1n) is 10.9. The monoisotopic (exact) mass is 473 g/mol. The van der Waals surface area contributed by atoms with Gasteiger partial charge in [0.2, 0.25) is 18.5 Å². The van der Waals surface area contributed by atoms with E-state index < -0.39 is 5.41 Å². The Bertz CT molecular complexity index is 1420. The van der Waals surface area contributed by atoms with E-state index in [1.54, 1.807) is 0 Å². The van der Waals surface area contributed by atoms with Gasteiger partial charge < -0.3 is 14.8 Å². The van der Waals surface area contributed by atoms with E-state index >= 15 is 0 Å². The number of anilines is 1. The molecule has 1 aromatic heterocycles. The van der Waals surface area contributed by atoms with Crippen LogP contribution in [0.1, 0.15) is 24.0 Å². The second-order valence-corrected chi connectivity index (χ2v) is 9.00. The van der Waals surface area contributed by atoms with Crippen LogP contribution in [-0.4, -0.2) is 33.3 Å². The van der Waals surface area contributed by atoms with Crippen molar-refractivity contribution < 1.29 is 14.3 Å². The highest BCUT2D eigenvalue weighted by Gasteiger charge is 2.52. The first-order chi connectivity index (χ1) is 16.5. The number of rotatable bonds is 5. The van der Waals surface area contributed by atoms with Gasteiger partial charge in [-0.15, -0.1) is 10.2 Å². The predicted octanol–water partition coefficient (Wildman–Crippen LogP) is 4.89. The lowest BCUT2D eigenvalue weighted by Gasteiger charge is -2.19. The molecule has 2 aliphatic rings. The Morgan fingerprint density at radius 2 is 1.91 bits per heavy atom. The smallest absolute Gasteiger partial charge is 0.235 e. The van der Waals surface area contributed by atoms with Gasteiger partial charge in [-0.05, 0) is 83.6 Å². The number of benzene rings is 3. The van der Waals surface area contributed by atoms with Crippen molar-refractivity contribution >= 4 is 23.2 Å². The number of nitrogens with zero attached hydrogens (tertiary/aromatic N) is 3. The molecule has 2 heterocycles. The molecular weight excluding hydrogens is 454 g/mol. The highest BCUT2D eigenvalue weighted by Crippen LogP contribution is 2.51. The van der Waals surface area contributed by atoms with Gasteiger partial charge in [0.05, 0.1) is 11.1 Å². The summed E-state index contributed by atoms with van der Waals surface area (Å²) in [6.07, 6.45) is 1.51. The predicted molar refractivity (Wildman–Crippen MR) is 127 cm³/mol. The van der Waals surface area contributed by atoms with Crippen molar-refractivity contribution in [2.45, 2.75) is 25.2 Å². The second kappa shape index (κ2) is 7.85. The standard InChI is InChI=1S/C25H20ClN5O3/c1-14-9-19(23-28-30-31-29-23)20(12-18(14)15-3-2-4-17(26)10-15)27-24(32)25(7-8-25)16-5-6-21-22(11-16)34-13-33-21/h2-6,9-12H,7-8,13H2,1H3,(H,27,32)(H,28,29,30,31). The summed E-state index contributed by atoms with van der Waals surface area (Å²) >= 11 is 6.24. The molecule has 1 aliphatic heterocycles. The molecule has 1 amide bonds. The summed E-state index contributed by atoms with van der Waals surface area (Å²) in [5.41, 5.74) is 4.51. The van der Waals surface area contributed by atoms with Crippen molar-refractivity contribution in [1.82, 2.24) is 20.6 Å². The Morgan fingerprint density at radius 3 is 2.68 bits per heavy atom. The fraction of sp³-hybridized carbons (Fsp3) is 0.200. The molecule has 0 saturated heterocycles. The van der Waals surface area contributed by atoms with Crippen LogP contribution < -0.4 is 14.8 Å². The van der Waals surface area contributed by atoms with Crippen LogP contribution in [-0.2, 0) is 10.2 Å². The lowest BCUT2D eigenvalue weighted by molar-refractivity contribution is -0.118. The molecule has 4 aromatic rings. The summed E-state index contributed by atoms with van der Waals surface area (Å²) in [5, 5.41) is 18.3. The fourth-order valence-corrected chi connectivity index (χ4v) is 4.64. The van der Waals surface area contributed by atoms with Crippen molar-refractivity contribution in [3.05, 3.63) is 70.7 Å². The number of aromatic nitrogens is 4. The number of fused-ring (bicyclic) bond motifs is 1. The van der Waals surface area contributed by atoms with Crippen molar-refractivity contribution in [3.63, 3.8) is 0 Å². The van der Waals surface area contributed by atoms with Gasteiger partial charge in [0.25, 0.3) is 0 Å². The number of carbonyl (C=O) groups is 1. The van der Waals surface area contributed by atoms with Gasteiger partial charge in [-0.2, -0.15) is 5.21 Å². The van der Waals surface area contributed by atoms with Gasteiger partial charge in [0.1, 0.15) is 0 Å². The number of hydrogen-bond donors (Lipinski definition) is 2. The number of tetrazole rings is 1. The molecule has 0 atom stereocenters. The van der Waals surface area contributed by atoms with E-state index in [0.29, 0.717) is 33.6 Å². The van der Waals surface area contributed by atoms with Crippen molar-refractivity contribution in [3.8, 4) is 34.0 Å². The Kier molecular flexibility index (Phi) is 4.77. The summed E-state index contributed by atoms with van der Waals surface area (Å²) in [6.45, 7) is 2.20. The molecule has 1 saturated carbocycles. The number of amides is 1. The molecule has 0 unspecified atom stereocenters. The second-order valence-electron chi connectivity index (χ2n) is 8.56. The molecule has 170 valence electrons. The number of carbonyl (C=O) groups excluding carboxylic acids is 1. The van der Waals surface area contributed by atoms with Crippen LogP contribution >= 0.6 is 11.6 Å². The first-order valence-corrected chi connectivity index (χ1v) is 11.3. The Hall–Kier alpha value is -3.91. The normalized spacial score (nSPS) is 15.2. The Labute approximate surface area is 200 Å². The molecule has 0 bridgehead atoms. The molecule has 3 aromatic carbocycles. The number of aryl methyl sites for hydroxylation is 1. The Morgan fingerprint density at radius 1 is 1.06 bits per heavy atom. The van der Waals surface area contributed by atoms with E-state index in [1.807, 2.05) is 61.5 Å². The number of aromatic amines is 1. The third kappa shape index (κ3) is 3.47. The highest BCUT2D eigenvalue weighted by molar-refractivity contribution is 6.30. The van der Waals surface area contributed by atoms with Gasteiger partial charge in [0, 0.05) is 10.6 Å². The van der Waals surface area contributed by atoms with Gasteiger partial charge in [0.15, 0.2) is 11.5 Å². The van der Waals surface area contributed by atoms with Gasteiger partial charge in [-0.3, -0.25) is 4.79 Å². The summed E-state index contributed by atoms with van der Waals surface area (Å²) < 4.78 is 10.9. The number of H-pyrrole nitrogens is 1. The molecule has 9 heteroatoms. The van der Waals surface area contributed by atoms with Crippen LogP contribution in [0.3, 0.4) is 0 Å². The molecular formula is C25H20ClN5O3. The topological polar surface area (TPSA) is 102 Å². The zero-order chi connectivity index (χ0) is 23.3. The minimum atomic E-state index is -0.614. The third-order valence-corrected chi connectivity index (χ3v) is 6.68. The van der Waals surface area contributed by atoms with Crippen LogP contribution in [0.5, 0.6) is 11.5 Å². The minimum Gasteiger partial charge on any atom is -0.454 e. The van der Waals surface area contributed by atoms with E-state index in [1.165, 1.54) is 0 Å². The van der Waals surface area contributed by atoms with Crippen LogP contribution in [0.15, 0.2) is 54.6 Å². The lowest BCUT2D eigenvalue weighted by atomic mass is 9.93. The van der Waals surface area contributed by atoms with Crippen LogP contribution in [0.25, 0.3) is 22.5 Å². The molecule has 34 heavy (non-hydrogen) atoms. The fourth-order valence-electron chi connectivity index (χ4n) is 4.45. The van der Waals surface area contributed by atoms with Crippen LogP contribution in [0.4, 0.5) is 5.69 Å². The van der Waals surface area contributed by atoms with Crippen molar-refractivity contribution in [1.29, 1.82) is 0 Å². The molecule has 0 spiro atoms. The average Bonchev–Trinajstić information content (AvgIpc) is 3.24. The van der Waals surface area contributed by atoms with Crippen LogP contribution in [0, 0.1) is 6.92 Å². The molecule has 8 nitrogen and oxygen atoms in total. The summed E-state index contributed by atoms with van der Waals surface area (Å²) in [6, 6.07) is 17.2. The maximum Gasteiger partial charge on any atom is 0.235 e. The van der Waals surface area contributed by atoms with Gasteiger partial charge >= 0.3 is 0 Å². The largest absolute Gasteiger partial charge is 0.454 e. The van der Waals surface area contributed by atoms with E-state index in [4.69, 9.17) is 21.1 Å². The maximum atomic E-state index is 13.6. The Balaban J connectivity index is 1.40. The number of nitrogens with one attached hydrogen (secondary N) is 2. The molecule has 6 rings (SSSR count). The van der Waals surface area contributed by atoms with Crippen molar-refractivity contribution in [2.75, 3.05) is 12.1 Å². The van der Waals surface area contributed by atoms with E-state index in [-0.39, 0.29) is 12.7 Å². The van der Waals surface area contributed by atoms with E-state index in [0.717, 1.165) is 35.1 Å². The van der Waals surface area contributed by atoms with E-state index in [2.05, 4.69) is 25.9 Å². The number of ether oxygens (including phenoxy) is 2. The number of halogens is 1. The summed E-state index contributed by atoms with van der Waals surface area (Å²) in [5.74, 6) is 1.69. The average molecular weight is 474 g/mol. The highest BCUT2D eigenvalue weighted by atomic mass is 35.5. The van der Waals surface area contributed by atoms with E-state index in [9.17, 15) is 4.79 Å². The lowest BCUT2D eigenvalue weighted by Crippen LogP contribution is -2.28. The minimum absolute atomic E-state index is 0.0861. The number of hydrogen-bond acceptors (Lipinski definition) is 6. The first kappa shape index (κ1) is 20.7. The molecule has 1 aliphatic carbocycles. The zero-order valence-electron chi connectivity index (χ0n) is 18.3. The molecule has 1 fully saturated rings. The van der Waals surface area contributed by atoms with Gasteiger partial charge in [-0.1, -0.05) is 29.8 Å². The SMILES string of the molecule is Cc1cc(-c2nn[nH]n2)c(NC(=O)C2(c3ccc4c(c3)OCO4)CC2)cc1-c1cccc(Cl)c1. The maximum absolute atomic E-state index is 13.6. The summed E-state index contributed by atoms with van der Waals surface area (Å²) in [4.78, 5) is 13.6. The van der Waals surface area contributed by atoms with Crippen LogP contribution in [0.2, 0.25) is 5.02 Å². The molecule has 2 N–H and O–H groups in total. The van der Waals surface area contributed by atoms with Crippen molar-refractivity contribution in [2.24, 2.45) is 0 Å². The quantitative estimate of drug-likeness (QED) is 0.427. The third-order valence-electron chi connectivity index (χ3n) is 6.44. The summed E-state index contributed by atoms with van der Waals surface area (Å²) in [7, 11) is 0. The van der Waals surface area contributed by atoms with Gasteiger partial charge in [-0.25, -0.2) is 0 Å². The zero-order valence-corrected chi connectivity index (χ0v) is 19.0.